The molecule has 0 fully saturated rings. The number of imidazole rings is 1. The van der Waals surface area contributed by atoms with Gasteiger partial charge >= 0.3 is 5.97 Å². The number of fused-ring (bicyclic) bond motifs is 1. The maximum atomic E-state index is 14.8. The molecule has 1 atom stereocenters. The molecule has 0 saturated heterocycles. The molecule has 9 heteroatoms. The number of hydrogen-bond acceptors (Lipinski definition) is 4. The normalized spacial score (nSPS) is 11.8. The fraction of sp³-hybridized carbons (Fsp3) is 0.129. The molecule has 0 aliphatic carbocycles. The molecule has 5 aromatic rings. The predicted octanol–water partition coefficient (Wildman–Crippen LogP) is 6.15. The molecule has 1 amide bonds. The number of aromatic nitrogens is 2. The van der Waals surface area contributed by atoms with E-state index in [2.05, 4.69) is 15.6 Å². The van der Waals surface area contributed by atoms with Crippen LogP contribution in [0.3, 0.4) is 0 Å². The number of carboxylic acid groups (broad SMARTS) is 1. The minimum absolute atomic E-state index is 0.0221. The number of anilines is 1. The Hall–Kier alpha value is -5.05. The molecule has 0 aliphatic heterocycles. The van der Waals surface area contributed by atoms with Crippen LogP contribution in [-0.4, -0.2) is 26.4 Å². The Morgan fingerprint density at radius 2 is 1.73 bits per heavy atom. The Kier molecular flexibility index (Phi) is 7.54. The maximum absolute atomic E-state index is 14.8. The third-order valence-electron chi connectivity index (χ3n) is 6.54. The lowest BCUT2D eigenvalue weighted by molar-refractivity contribution is -0.137. The second kappa shape index (κ2) is 11.4. The Morgan fingerprint density at radius 1 is 0.975 bits per heavy atom. The van der Waals surface area contributed by atoms with E-state index in [4.69, 9.17) is 0 Å². The lowest BCUT2D eigenvalue weighted by Gasteiger charge is -2.18. The van der Waals surface area contributed by atoms with E-state index in [1.165, 1.54) is 6.07 Å². The predicted molar refractivity (Wildman–Crippen MR) is 148 cm³/mol. The third kappa shape index (κ3) is 5.83. The quantitative estimate of drug-likeness (QED) is 0.209. The summed E-state index contributed by atoms with van der Waals surface area (Å²) in [5.74, 6) is -2.36. The summed E-state index contributed by atoms with van der Waals surface area (Å²) in [6.07, 6.45) is 1.32. The van der Waals surface area contributed by atoms with Gasteiger partial charge in [0, 0.05) is 23.9 Å². The van der Waals surface area contributed by atoms with Gasteiger partial charge in [-0.2, -0.15) is 0 Å². The van der Waals surface area contributed by atoms with Crippen LogP contribution in [0, 0.1) is 18.6 Å². The van der Waals surface area contributed by atoms with Crippen molar-refractivity contribution in [3.63, 3.8) is 0 Å². The van der Waals surface area contributed by atoms with Gasteiger partial charge in [-0.3, -0.25) is 14.0 Å². The van der Waals surface area contributed by atoms with Gasteiger partial charge in [-0.05, 0) is 48.4 Å². The van der Waals surface area contributed by atoms with Crippen molar-refractivity contribution >= 4 is 23.3 Å². The molecule has 1 unspecified atom stereocenters. The number of pyridine rings is 1. The molecular weight excluding hydrogens is 514 g/mol. The van der Waals surface area contributed by atoms with Crippen LogP contribution in [0.2, 0.25) is 0 Å². The average molecular weight is 541 g/mol. The number of aryl methyl sites for hydroxylation is 1. The molecule has 0 spiro atoms. The zero-order valence-corrected chi connectivity index (χ0v) is 21.6. The standard InChI is InChI=1S/C31H26F2N4O3/c1-19-7-9-21(10-8-19)26(17-28(38)39)35-31(40)22-13-14-37-27(15-22)36-29(24-16-23(32)11-12-25(24)33)30(37)34-18-20-5-3-2-4-6-20/h2-16,26,34H,17-18H2,1H3,(H,35,40)(H,38,39). The van der Waals surface area contributed by atoms with Gasteiger partial charge in [0.05, 0.1) is 12.5 Å². The highest BCUT2D eigenvalue weighted by molar-refractivity contribution is 5.96. The summed E-state index contributed by atoms with van der Waals surface area (Å²) < 4.78 is 30.6. The minimum atomic E-state index is -1.05. The summed E-state index contributed by atoms with van der Waals surface area (Å²) in [6.45, 7) is 2.31. The first-order valence-electron chi connectivity index (χ1n) is 12.6. The monoisotopic (exact) mass is 540 g/mol. The van der Waals surface area contributed by atoms with Crippen LogP contribution in [-0.2, 0) is 11.3 Å². The summed E-state index contributed by atoms with van der Waals surface area (Å²) in [5, 5.41) is 15.5. The molecule has 0 radical (unpaired) electrons. The van der Waals surface area contributed by atoms with E-state index in [-0.39, 0.29) is 23.2 Å². The highest BCUT2D eigenvalue weighted by Crippen LogP contribution is 2.32. The van der Waals surface area contributed by atoms with E-state index in [0.717, 1.165) is 29.3 Å². The zero-order chi connectivity index (χ0) is 28.2. The summed E-state index contributed by atoms with van der Waals surface area (Å²) in [6, 6.07) is 22.3. The number of rotatable bonds is 9. The number of amides is 1. The van der Waals surface area contributed by atoms with Crippen LogP contribution in [0.15, 0.2) is 91.1 Å². The summed E-state index contributed by atoms with van der Waals surface area (Å²) in [7, 11) is 0. The van der Waals surface area contributed by atoms with Crippen molar-refractivity contribution in [1.29, 1.82) is 0 Å². The van der Waals surface area contributed by atoms with Gasteiger partial charge in [-0.25, -0.2) is 13.8 Å². The number of halogens is 2. The second-order valence-corrected chi connectivity index (χ2v) is 9.45. The first kappa shape index (κ1) is 26.6. The molecule has 7 nitrogen and oxygen atoms in total. The van der Waals surface area contributed by atoms with Crippen LogP contribution < -0.4 is 10.6 Å². The van der Waals surface area contributed by atoms with Crippen molar-refractivity contribution in [2.45, 2.75) is 25.9 Å². The van der Waals surface area contributed by atoms with Crippen LogP contribution in [0.25, 0.3) is 16.9 Å². The highest BCUT2D eigenvalue weighted by Gasteiger charge is 2.22. The van der Waals surface area contributed by atoms with E-state index in [0.29, 0.717) is 23.6 Å². The maximum Gasteiger partial charge on any atom is 0.305 e. The second-order valence-electron chi connectivity index (χ2n) is 9.45. The largest absolute Gasteiger partial charge is 0.481 e. The van der Waals surface area contributed by atoms with Gasteiger partial charge in [-0.1, -0.05) is 60.2 Å². The first-order chi connectivity index (χ1) is 19.3. The first-order valence-corrected chi connectivity index (χ1v) is 12.6. The SMILES string of the molecule is Cc1ccc(C(CC(=O)O)NC(=O)c2ccn3c(NCc4ccccc4)c(-c4cc(F)ccc4F)nc3c2)cc1. The van der Waals surface area contributed by atoms with Crippen LogP contribution in [0.1, 0.15) is 39.5 Å². The minimum Gasteiger partial charge on any atom is -0.481 e. The van der Waals surface area contributed by atoms with Crippen molar-refractivity contribution in [3.8, 4) is 11.3 Å². The molecule has 5 rings (SSSR count). The van der Waals surface area contributed by atoms with E-state index < -0.39 is 29.6 Å². The fourth-order valence-corrected chi connectivity index (χ4v) is 4.47. The van der Waals surface area contributed by atoms with Crippen LogP contribution >= 0.6 is 0 Å². The number of benzene rings is 3. The zero-order valence-electron chi connectivity index (χ0n) is 21.6. The topological polar surface area (TPSA) is 95.7 Å². The van der Waals surface area contributed by atoms with Gasteiger partial charge < -0.3 is 15.7 Å². The van der Waals surface area contributed by atoms with Crippen LogP contribution in [0.4, 0.5) is 14.6 Å². The van der Waals surface area contributed by atoms with Crippen molar-refractivity contribution in [2.24, 2.45) is 0 Å². The lowest BCUT2D eigenvalue weighted by Crippen LogP contribution is -2.30. The molecule has 0 aliphatic rings. The number of hydrogen-bond donors (Lipinski definition) is 3. The molecule has 0 saturated carbocycles. The van der Waals surface area contributed by atoms with E-state index in [9.17, 15) is 23.5 Å². The van der Waals surface area contributed by atoms with Gasteiger partial charge in [0.25, 0.3) is 5.91 Å². The number of nitrogens with zero attached hydrogens (tertiary/aromatic N) is 2. The molecule has 2 heterocycles. The fourth-order valence-electron chi connectivity index (χ4n) is 4.47. The molecule has 202 valence electrons. The smallest absolute Gasteiger partial charge is 0.305 e. The Morgan fingerprint density at radius 3 is 2.45 bits per heavy atom. The van der Waals surface area contributed by atoms with Crippen molar-refractivity contribution in [2.75, 3.05) is 5.32 Å². The highest BCUT2D eigenvalue weighted by atomic mass is 19.1. The summed E-state index contributed by atoms with van der Waals surface area (Å²) >= 11 is 0. The van der Waals surface area contributed by atoms with E-state index in [1.807, 2.05) is 49.4 Å². The van der Waals surface area contributed by atoms with Crippen molar-refractivity contribution < 1.29 is 23.5 Å². The van der Waals surface area contributed by atoms with E-state index >= 15 is 0 Å². The van der Waals surface area contributed by atoms with Gasteiger partial charge in [-0.15, -0.1) is 0 Å². The number of nitrogens with one attached hydrogen (secondary N) is 2. The third-order valence-corrected chi connectivity index (χ3v) is 6.54. The molecule has 40 heavy (non-hydrogen) atoms. The van der Waals surface area contributed by atoms with Crippen molar-refractivity contribution in [3.05, 3.63) is 125 Å². The van der Waals surface area contributed by atoms with Crippen molar-refractivity contribution in [1.82, 2.24) is 14.7 Å². The average Bonchev–Trinajstić information content (AvgIpc) is 3.31. The molecule has 0 bridgehead atoms. The summed E-state index contributed by atoms with van der Waals surface area (Å²) in [5.41, 5.74) is 3.38. The Labute approximate surface area is 229 Å². The molecule has 2 aromatic heterocycles. The number of carbonyl (C=O) groups is 2. The lowest BCUT2D eigenvalue weighted by atomic mass is 10.0. The molecular formula is C31H26F2N4O3. The Balaban J connectivity index is 1.50. The summed E-state index contributed by atoms with van der Waals surface area (Å²) in [4.78, 5) is 29.3. The number of aliphatic carboxylic acids is 1. The number of carboxylic acids is 1. The van der Waals surface area contributed by atoms with Gasteiger partial charge in [0.2, 0.25) is 0 Å². The molecule has 3 N–H and O–H groups in total. The Bertz CT molecular complexity index is 1680. The molecule has 3 aromatic carbocycles. The van der Waals surface area contributed by atoms with E-state index in [1.54, 1.807) is 28.8 Å². The van der Waals surface area contributed by atoms with Gasteiger partial charge in [0.15, 0.2) is 0 Å². The van der Waals surface area contributed by atoms with Crippen LogP contribution in [0.5, 0.6) is 0 Å². The van der Waals surface area contributed by atoms with Gasteiger partial charge in [0.1, 0.15) is 28.8 Å². The number of carbonyl (C=O) groups excluding carboxylic acids is 1.